The van der Waals surface area contributed by atoms with E-state index in [0.29, 0.717) is 18.1 Å². The van der Waals surface area contributed by atoms with Gasteiger partial charge in [-0.2, -0.15) is 0 Å². The molecule has 1 saturated heterocycles. The summed E-state index contributed by atoms with van der Waals surface area (Å²) in [5, 5.41) is 5.42. The van der Waals surface area contributed by atoms with Crippen LogP contribution in [0, 0.1) is 5.92 Å². The number of nitrogens with zero attached hydrogens (tertiary/aromatic N) is 1. The van der Waals surface area contributed by atoms with Gasteiger partial charge in [-0.05, 0) is 31.9 Å². The molecule has 0 aromatic carbocycles. The van der Waals surface area contributed by atoms with Crippen LogP contribution in [-0.4, -0.2) is 29.5 Å². The maximum atomic E-state index is 12.3. The molecular weight excluding hydrogens is 258 g/mol. The summed E-state index contributed by atoms with van der Waals surface area (Å²) in [7, 11) is 0. The molecule has 2 amide bonds. The van der Waals surface area contributed by atoms with Crippen molar-refractivity contribution in [2.24, 2.45) is 5.92 Å². The SMILES string of the molecule is CC(=O)Nc1cccnc1NC(=O)[C@@H]1CCCO[C@H]1C. The molecule has 2 atom stereocenters. The Morgan fingerprint density at radius 2 is 2.20 bits per heavy atom. The minimum atomic E-state index is -0.206. The van der Waals surface area contributed by atoms with Gasteiger partial charge in [-0.3, -0.25) is 9.59 Å². The zero-order valence-corrected chi connectivity index (χ0v) is 11.7. The molecule has 1 fully saturated rings. The standard InChI is InChI=1S/C14H19N3O3/c1-9-11(5-4-8-20-9)14(19)17-13-12(16-10(2)18)6-3-7-15-13/h3,6-7,9,11H,4-5,8H2,1-2H3,(H,16,18)(H,15,17,19)/t9-,11+/m0/s1. The van der Waals surface area contributed by atoms with Crippen molar-refractivity contribution >= 4 is 23.3 Å². The molecule has 1 aliphatic rings. The summed E-state index contributed by atoms with van der Waals surface area (Å²) in [5.41, 5.74) is 0.498. The minimum Gasteiger partial charge on any atom is -0.378 e. The lowest BCUT2D eigenvalue weighted by Gasteiger charge is -2.28. The summed E-state index contributed by atoms with van der Waals surface area (Å²) in [5.74, 6) is -0.147. The van der Waals surface area contributed by atoms with E-state index in [1.807, 2.05) is 6.92 Å². The first kappa shape index (κ1) is 14.5. The summed E-state index contributed by atoms with van der Waals surface area (Å²) in [4.78, 5) is 27.5. The van der Waals surface area contributed by atoms with Crippen LogP contribution in [-0.2, 0) is 14.3 Å². The van der Waals surface area contributed by atoms with E-state index in [0.717, 1.165) is 12.8 Å². The molecule has 6 heteroatoms. The number of anilines is 2. The lowest BCUT2D eigenvalue weighted by molar-refractivity contribution is -0.128. The van der Waals surface area contributed by atoms with E-state index < -0.39 is 0 Å². The predicted molar refractivity (Wildman–Crippen MR) is 75.3 cm³/mol. The van der Waals surface area contributed by atoms with Crippen LogP contribution in [0.5, 0.6) is 0 Å². The molecule has 1 aromatic rings. The van der Waals surface area contributed by atoms with E-state index in [2.05, 4.69) is 15.6 Å². The van der Waals surface area contributed by atoms with E-state index in [-0.39, 0.29) is 23.8 Å². The second kappa shape index (κ2) is 6.47. The van der Waals surface area contributed by atoms with Crippen molar-refractivity contribution in [2.45, 2.75) is 32.8 Å². The smallest absolute Gasteiger partial charge is 0.231 e. The van der Waals surface area contributed by atoms with E-state index in [1.54, 1.807) is 18.3 Å². The van der Waals surface area contributed by atoms with Crippen LogP contribution >= 0.6 is 0 Å². The van der Waals surface area contributed by atoms with Crippen LogP contribution < -0.4 is 10.6 Å². The molecule has 0 bridgehead atoms. The van der Waals surface area contributed by atoms with Gasteiger partial charge in [0.05, 0.1) is 17.7 Å². The first-order chi connectivity index (χ1) is 9.58. The molecule has 0 saturated carbocycles. The van der Waals surface area contributed by atoms with Crippen LogP contribution in [0.2, 0.25) is 0 Å². The van der Waals surface area contributed by atoms with Gasteiger partial charge in [-0.15, -0.1) is 0 Å². The Kier molecular flexibility index (Phi) is 4.68. The van der Waals surface area contributed by atoms with Gasteiger partial charge >= 0.3 is 0 Å². The highest BCUT2D eigenvalue weighted by Crippen LogP contribution is 2.24. The Morgan fingerprint density at radius 3 is 2.90 bits per heavy atom. The normalized spacial score (nSPS) is 22.1. The minimum absolute atomic E-state index is 0.100. The van der Waals surface area contributed by atoms with Crippen LogP contribution in [0.1, 0.15) is 26.7 Å². The molecule has 1 aliphatic heterocycles. The van der Waals surface area contributed by atoms with Crippen LogP contribution in [0.25, 0.3) is 0 Å². The highest BCUT2D eigenvalue weighted by molar-refractivity contribution is 5.98. The van der Waals surface area contributed by atoms with Crippen molar-refractivity contribution in [1.29, 1.82) is 0 Å². The molecule has 6 nitrogen and oxygen atoms in total. The summed E-state index contributed by atoms with van der Waals surface area (Å²) in [6.45, 7) is 4.01. The monoisotopic (exact) mass is 277 g/mol. The molecule has 20 heavy (non-hydrogen) atoms. The average molecular weight is 277 g/mol. The Hall–Kier alpha value is -1.95. The molecule has 2 rings (SSSR count). The van der Waals surface area contributed by atoms with Gasteiger partial charge in [-0.1, -0.05) is 0 Å². The number of ether oxygens (including phenoxy) is 1. The summed E-state index contributed by atoms with van der Waals surface area (Å²) < 4.78 is 5.49. The maximum Gasteiger partial charge on any atom is 0.231 e. The number of aromatic nitrogens is 1. The number of pyridine rings is 1. The highest BCUT2D eigenvalue weighted by Gasteiger charge is 2.29. The lowest BCUT2D eigenvalue weighted by Crippen LogP contribution is -2.36. The summed E-state index contributed by atoms with van der Waals surface area (Å²) in [6, 6.07) is 3.40. The molecular formula is C14H19N3O3. The van der Waals surface area contributed by atoms with Gasteiger partial charge < -0.3 is 15.4 Å². The molecule has 2 N–H and O–H groups in total. The van der Waals surface area contributed by atoms with Crippen molar-refractivity contribution in [3.05, 3.63) is 18.3 Å². The zero-order valence-electron chi connectivity index (χ0n) is 11.7. The number of carbonyl (C=O) groups is 2. The topological polar surface area (TPSA) is 80.3 Å². The zero-order chi connectivity index (χ0) is 14.5. The van der Waals surface area contributed by atoms with Crippen molar-refractivity contribution in [3.8, 4) is 0 Å². The molecule has 1 aromatic heterocycles. The molecule has 2 heterocycles. The molecule has 108 valence electrons. The van der Waals surface area contributed by atoms with Gasteiger partial charge in [0.2, 0.25) is 11.8 Å². The number of hydrogen-bond acceptors (Lipinski definition) is 4. The first-order valence-corrected chi connectivity index (χ1v) is 6.73. The molecule has 0 unspecified atom stereocenters. The van der Waals surface area contributed by atoms with Crippen molar-refractivity contribution in [2.75, 3.05) is 17.2 Å². The van der Waals surface area contributed by atoms with Gasteiger partial charge in [0.1, 0.15) is 0 Å². The van der Waals surface area contributed by atoms with Crippen LogP contribution in [0.4, 0.5) is 11.5 Å². The number of carbonyl (C=O) groups excluding carboxylic acids is 2. The van der Waals surface area contributed by atoms with Gasteiger partial charge in [-0.25, -0.2) is 4.98 Å². The number of nitrogens with one attached hydrogen (secondary N) is 2. The Balaban J connectivity index is 2.09. The first-order valence-electron chi connectivity index (χ1n) is 6.73. The summed E-state index contributed by atoms with van der Waals surface area (Å²) >= 11 is 0. The number of hydrogen-bond donors (Lipinski definition) is 2. The third kappa shape index (κ3) is 3.54. The molecule has 0 radical (unpaired) electrons. The van der Waals surface area contributed by atoms with Crippen LogP contribution in [0.3, 0.4) is 0 Å². The molecule has 0 aliphatic carbocycles. The average Bonchev–Trinajstić information content (AvgIpc) is 2.41. The Morgan fingerprint density at radius 1 is 1.40 bits per heavy atom. The van der Waals surface area contributed by atoms with Gasteiger partial charge in [0.25, 0.3) is 0 Å². The van der Waals surface area contributed by atoms with E-state index in [4.69, 9.17) is 4.74 Å². The molecule has 0 spiro atoms. The van der Waals surface area contributed by atoms with E-state index in [1.165, 1.54) is 6.92 Å². The lowest BCUT2D eigenvalue weighted by atomic mass is 9.94. The van der Waals surface area contributed by atoms with Crippen molar-refractivity contribution < 1.29 is 14.3 Å². The van der Waals surface area contributed by atoms with Gasteiger partial charge in [0, 0.05) is 19.7 Å². The van der Waals surface area contributed by atoms with Gasteiger partial charge in [0.15, 0.2) is 5.82 Å². The number of amides is 2. The second-order valence-corrected chi connectivity index (χ2v) is 4.89. The Bertz CT molecular complexity index is 504. The predicted octanol–water partition coefficient (Wildman–Crippen LogP) is 1.79. The number of rotatable bonds is 3. The third-order valence-corrected chi connectivity index (χ3v) is 3.30. The fraction of sp³-hybridized carbons (Fsp3) is 0.500. The van der Waals surface area contributed by atoms with Crippen molar-refractivity contribution in [3.63, 3.8) is 0 Å². The second-order valence-electron chi connectivity index (χ2n) is 4.89. The fourth-order valence-electron chi connectivity index (χ4n) is 2.27. The fourth-order valence-corrected chi connectivity index (χ4v) is 2.27. The quantitative estimate of drug-likeness (QED) is 0.882. The van der Waals surface area contributed by atoms with Crippen LogP contribution in [0.15, 0.2) is 18.3 Å². The van der Waals surface area contributed by atoms with E-state index in [9.17, 15) is 9.59 Å². The largest absolute Gasteiger partial charge is 0.378 e. The van der Waals surface area contributed by atoms with Crippen molar-refractivity contribution in [1.82, 2.24) is 4.98 Å². The third-order valence-electron chi connectivity index (χ3n) is 3.30. The highest BCUT2D eigenvalue weighted by atomic mass is 16.5. The maximum absolute atomic E-state index is 12.3. The Labute approximate surface area is 117 Å². The van der Waals surface area contributed by atoms with E-state index >= 15 is 0 Å². The summed E-state index contributed by atoms with van der Waals surface area (Å²) in [6.07, 6.45) is 3.15.